The van der Waals surface area contributed by atoms with Crippen LogP contribution in [-0.2, 0) is 17.8 Å². The van der Waals surface area contributed by atoms with Crippen LogP contribution in [0.4, 0.5) is 10.1 Å². The zero-order valence-corrected chi connectivity index (χ0v) is 19.0. The number of nitrogens with zero attached hydrogens (tertiary/aromatic N) is 2. The summed E-state index contributed by atoms with van der Waals surface area (Å²) in [6.45, 7) is 8.02. The monoisotopic (exact) mass is 438 g/mol. The quantitative estimate of drug-likeness (QED) is 0.693. The zero-order valence-electron chi connectivity index (χ0n) is 19.0. The molecule has 2 fully saturated rings. The minimum absolute atomic E-state index is 0.222. The van der Waals surface area contributed by atoms with E-state index in [-0.39, 0.29) is 11.7 Å². The first kappa shape index (κ1) is 22.7. The maximum absolute atomic E-state index is 13.1. The van der Waals surface area contributed by atoms with E-state index in [9.17, 15) is 9.18 Å². The fourth-order valence-corrected chi connectivity index (χ4v) is 4.69. The molecule has 0 radical (unpaired) electrons. The molecule has 0 aromatic heterocycles. The number of amides is 1. The van der Waals surface area contributed by atoms with Gasteiger partial charge in [-0.05, 0) is 61.6 Å². The minimum Gasteiger partial charge on any atom is -0.382 e. The summed E-state index contributed by atoms with van der Waals surface area (Å²) in [6.07, 6.45) is 3.19. The Bertz CT molecular complexity index is 862. The molecule has 1 atom stereocenters. The number of halogens is 1. The summed E-state index contributed by atoms with van der Waals surface area (Å²) in [5.41, 5.74) is 3.50. The lowest BCUT2D eigenvalue weighted by molar-refractivity contribution is -0.132. The highest BCUT2D eigenvalue weighted by molar-refractivity contribution is 5.76. The van der Waals surface area contributed by atoms with Crippen LogP contribution in [0.3, 0.4) is 0 Å². The highest BCUT2D eigenvalue weighted by atomic mass is 19.1. The molecule has 2 heterocycles. The molecule has 6 heteroatoms. The van der Waals surface area contributed by atoms with Gasteiger partial charge >= 0.3 is 0 Å². The van der Waals surface area contributed by atoms with Gasteiger partial charge in [-0.3, -0.25) is 9.69 Å². The van der Waals surface area contributed by atoms with Gasteiger partial charge in [-0.25, -0.2) is 4.39 Å². The lowest BCUT2D eigenvalue weighted by Gasteiger charge is -2.33. The Balaban J connectivity index is 1.17. The smallest absolute Gasteiger partial charge is 0.222 e. The molecule has 4 rings (SSSR count). The van der Waals surface area contributed by atoms with Crippen molar-refractivity contribution in [2.24, 2.45) is 0 Å². The molecular formula is C26H35FN4O. The molecule has 2 aromatic carbocycles. The molecule has 0 bridgehead atoms. The number of aryl methyl sites for hydroxylation is 1. The van der Waals surface area contributed by atoms with Crippen molar-refractivity contribution >= 4 is 11.6 Å². The molecule has 0 unspecified atom stereocenters. The third-order valence-electron chi connectivity index (χ3n) is 6.57. The number of carbonyl (C=O) groups is 1. The van der Waals surface area contributed by atoms with Gasteiger partial charge in [-0.1, -0.05) is 24.3 Å². The highest BCUT2D eigenvalue weighted by Gasteiger charge is 2.22. The first-order valence-electron chi connectivity index (χ1n) is 11.9. The van der Waals surface area contributed by atoms with Gasteiger partial charge in [-0.2, -0.15) is 0 Å². The van der Waals surface area contributed by atoms with E-state index in [1.165, 1.54) is 23.3 Å². The summed E-state index contributed by atoms with van der Waals surface area (Å²) in [6, 6.07) is 16.1. The van der Waals surface area contributed by atoms with Crippen LogP contribution in [0.5, 0.6) is 0 Å². The fraction of sp³-hybridized carbons (Fsp3) is 0.500. The molecule has 2 aliphatic heterocycles. The highest BCUT2D eigenvalue weighted by Crippen LogP contribution is 2.18. The molecule has 2 aliphatic rings. The average Bonchev–Trinajstić information content (AvgIpc) is 2.80. The standard InChI is InChI=1S/C26H35FN4O/c1-20-18-30(17-14-28-20)19-22-4-2-21(3-5-22)6-11-26(32)31-15-12-25(13-16-31)29-24-9-7-23(27)8-10-24/h2-5,7-10,20,25,28-29H,6,11-19H2,1H3/t20-/m0/s1. The normalized spacial score (nSPS) is 20.3. The molecule has 0 spiro atoms. The molecule has 2 saturated heterocycles. The number of rotatable bonds is 7. The van der Waals surface area contributed by atoms with Crippen molar-refractivity contribution in [2.75, 3.05) is 38.0 Å². The summed E-state index contributed by atoms with van der Waals surface area (Å²) >= 11 is 0. The van der Waals surface area contributed by atoms with Crippen LogP contribution < -0.4 is 10.6 Å². The van der Waals surface area contributed by atoms with Crippen molar-refractivity contribution < 1.29 is 9.18 Å². The van der Waals surface area contributed by atoms with Crippen molar-refractivity contribution in [1.29, 1.82) is 0 Å². The summed E-state index contributed by atoms with van der Waals surface area (Å²) < 4.78 is 13.1. The van der Waals surface area contributed by atoms with E-state index in [1.807, 2.05) is 4.90 Å². The predicted molar refractivity (Wildman–Crippen MR) is 127 cm³/mol. The summed E-state index contributed by atoms with van der Waals surface area (Å²) in [4.78, 5) is 17.2. The Hall–Kier alpha value is -2.44. The number of anilines is 1. The summed E-state index contributed by atoms with van der Waals surface area (Å²) in [5, 5.41) is 6.93. The Morgan fingerprint density at radius 3 is 2.41 bits per heavy atom. The molecule has 5 nitrogen and oxygen atoms in total. The van der Waals surface area contributed by atoms with Crippen LogP contribution in [0.1, 0.15) is 37.3 Å². The number of carbonyl (C=O) groups excluding carboxylic acids is 1. The van der Waals surface area contributed by atoms with E-state index in [1.54, 1.807) is 12.1 Å². The van der Waals surface area contributed by atoms with Crippen LogP contribution in [0.25, 0.3) is 0 Å². The summed E-state index contributed by atoms with van der Waals surface area (Å²) in [5.74, 6) is 0.0175. The van der Waals surface area contributed by atoms with Gasteiger partial charge in [0.2, 0.25) is 5.91 Å². The van der Waals surface area contributed by atoms with E-state index in [2.05, 4.69) is 46.7 Å². The molecule has 0 aliphatic carbocycles. The Morgan fingerprint density at radius 2 is 1.72 bits per heavy atom. The maximum atomic E-state index is 13.1. The first-order valence-corrected chi connectivity index (χ1v) is 11.9. The summed E-state index contributed by atoms with van der Waals surface area (Å²) in [7, 11) is 0. The van der Waals surface area contributed by atoms with E-state index in [0.29, 0.717) is 18.5 Å². The van der Waals surface area contributed by atoms with E-state index < -0.39 is 0 Å². The predicted octanol–water partition coefficient (Wildman–Crippen LogP) is 3.66. The molecule has 172 valence electrons. The van der Waals surface area contributed by atoms with Gasteiger partial charge in [0.1, 0.15) is 5.82 Å². The largest absolute Gasteiger partial charge is 0.382 e. The number of piperazine rings is 1. The number of piperidine rings is 1. The van der Waals surface area contributed by atoms with Crippen molar-refractivity contribution in [3.63, 3.8) is 0 Å². The van der Waals surface area contributed by atoms with Crippen molar-refractivity contribution in [3.8, 4) is 0 Å². The topological polar surface area (TPSA) is 47.6 Å². The van der Waals surface area contributed by atoms with E-state index in [0.717, 1.165) is 64.2 Å². The minimum atomic E-state index is -0.222. The van der Waals surface area contributed by atoms with E-state index >= 15 is 0 Å². The average molecular weight is 439 g/mol. The van der Waals surface area contributed by atoms with Gasteiger partial charge in [0.05, 0.1) is 0 Å². The third kappa shape index (κ3) is 6.53. The lowest BCUT2D eigenvalue weighted by Crippen LogP contribution is -2.48. The first-order chi connectivity index (χ1) is 15.5. The SMILES string of the molecule is C[C@H]1CN(Cc2ccc(CCC(=O)N3CCC(Nc4ccc(F)cc4)CC3)cc2)CCN1. The molecule has 2 aromatic rings. The van der Waals surface area contributed by atoms with Crippen molar-refractivity contribution in [2.45, 2.75) is 51.2 Å². The van der Waals surface area contributed by atoms with Crippen molar-refractivity contribution in [1.82, 2.24) is 15.1 Å². The number of nitrogens with one attached hydrogen (secondary N) is 2. The number of benzene rings is 2. The van der Waals surface area contributed by atoms with E-state index in [4.69, 9.17) is 0 Å². The van der Waals surface area contributed by atoms with Gasteiger partial charge < -0.3 is 15.5 Å². The number of hydrogen-bond donors (Lipinski definition) is 2. The second-order valence-electron chi connectivity index (χ2n) is 9.21. The number of hydrogen-bond acceptors (Lipinski definition) is 4. The molecule has 1 amide bonds. The van der Waals surface area contributed by atoms with Gasteiger partial charge in [0.25, 0.3) is 0 Å². The van der Waals surface area contributed by atoms with Crippen LogP contribution in [0.15, 0.2) is 48.5 Å². The number of likely N-dealkylation sites (tertiary alicyclic amines) is 1. The Morgan fingerprint density at radius 1 is 1.03 bits per heavy atom. The molecule has 0 saturated carbocycles. The molecule has 32 heavy (non-hydrogen) atoms. The molecular weight excluding hydrogens is 403 g/mol. The fourth-order valence-electron chi connectivity index (χ4n) is 4.69. The maximum Gasteiger partial charge on any atom is 0.222 e. The van der Waals surface area contributed by atoms with Crippen LogP contribution in [-0.4, -0.2) is 60.5 Å². The zero-order chi connectivity index (χ0) is 22.3. The Kier molecular flexibility index (Phi) is 7.76. The van der Waals surface area contributed by atoms with Gasteiger partial charge in [0, 0.05) is 63.5 Å². The third-order valence-corrected chi connectivity index (χ3v) is 6.57. The lowest BCUT2D eigenvalue weighted by atomic mass is 10.0. The van der Waals surface area contributed by atoms with Gasteiger partial charge in [0.15, 0.2) is 0 Å². The van der Waals surface area contributed by atoms with Crippen LogP contribution >= 0.6 is 0 Å². The van der Waals surface area contributed by atoms with Crippen LogP contribution in [0, 0.1) is 5.82 Å². The van der Waals surface area contributed by atoms with Crippen molar-refractivity contribution in [3.05, 3.63) is 65.5 Å². The van der Waals surface area contributed by atoms with Gasteiger partial charge in [-0.15, -0.1) is 0 Å². The molecule has 2 N–H and O–H groups in total. The second-order valence-corrected chi connectivity index (χ2v) is 9.21. The Labute approximate surface area is 191 Å². The second kappa shape index (κ2) is 10.9. The van der Waals surface area contributed by atoms with Crippen LogP contribution in [0.2, 0.25) is 0 Å².